The summed E-state index contributed by atoms with van der Waals surface area (Å²) in [5.74, 6) is 0.755. The highest BCUT2D eigenvalue weighted by molar-refractivity contribution is 9.10. The van der Waals surface area contributed by atoms with Gasteiger partial charge in [-0.05, 0) is 24.6 Å². The lowest BCUT2D eigenvalue weighted by molar-refractivity contribution is 0.0412. The lowest BCUT2D eigenvalue weighted by Gasteiger charge is -2.29. The molecule has 0 aromatic heterocycles. The van der Waals surface area contributed by atoms with Gasteiger partial charge in [-0.1, -0.05) is 22.9 Å². The Hall–Kier alpha value is -0.660. The highest BCUT2D eigenvalue weighted by atomic mass is 79.9. The van der Waals surface area contributed by atoms with Crippen LogP contribution in [0.25, 0.3) is 0 Å². The van der Waals surface area contributed by atoms with Crippen molar-refractivity contribution in [1.29, 1.82) is 0 Å². The summed E-state index contributed by atoms with van der Waals surface area (Å²) in [4.78, 5) is 0. The minimum absolute atomic E-state index is 0.348. The van der Waals surface area contributed by atoms with E-state index in [4.69, 9.17) is 4.74 Å². The molecule has 0 unspecified atom stereocenters. The Morgan fingerprint density at radius 3 is 2.40 bits per heavy atom. The van der Waals surface area contributed by atoms with Crippen LogP contribution in [0.4, 0.5) is 0 Å². The molecular weight excluding hydrogens is 326 g/mol. The molecule has 0 spiro atoms. The van der Waals surface area contributed by atoms with Crippen molar-refractivity contribution in [1.82, 2.24) is 5.32 Å². The predicted octanol–water partition coefficient (Wildman–Crippen LogP) is 1.04. The van der Waals surface area contributed by atoms with E-state index < -0.39 is 5.54 Å². The Morgan fingerprint density at radius 2 is 1.85 bits per heavy atom. The van der Waals surface area contributed by atoms with Gasteiger partial charge in [0.25, 0.3) is 0 Å². The molecule has 0 aliphatic carbocycles. The van der Waals surface area contributed by atoms with Crippen molar-refractivity contribution in [2.24, 2.45) is 0 Å². The van der Waals surface area contributed by atoms with E-state index in [-0.39, 0.29) is 19.8 Å². The zero-order chi connectivity index (χ0) is 15.0. The first-order chi connectivity index (χ1) is 9.60. The zero-order valence-electron chi connectivity index (χ0n) is 11.6. The summed E-state index contributed by atoms with van der Waals surface area (Å²) in [5, 5.41) is 30.9. The Bertz CT molecular complexity index is 402. The van der Waals surface area contributed by atoms with E-state index in [2.05, 4.69) is 21.2 Å². The fourth-order valence-electron chi connectivity index (χ4n) is 1.64. The van der Waals surface area contributed by atoms with E-state index in [0.29, 0.717) is 13.2 Å². The van der Waals surface area contributed by atoms with Crippen LogP contribution in [0.5, 0.6) is 5.75 Å². The largest absolute Gasteiger partial charge is 0.493 e. The SMILES string of the molecule is CCCOc1ccc(Br)cc1CNC(CO)(CO)CO. The van der Waals surface area contributed by atoms with Crippen LogP contribution < -0.4 is 10.1 Å². The molecule has 4 N–H and O–H groups in total. The first-order valence-corrected chi connectivity index (χ1v) is 7.39. The summed E-state index contributed by atoms with van der Waals surface area (Å²) in [6.45, 7) is 1.99. The fourth-order valence-corrected chi connectivity index (χ4v) is 2.05. The van der Waals surface area contributed by atoms with Gasteiger partial charge in [-0.15, -0.1) is 0 Å². The number of ether oxygens (including phenoxy) is 1. The number of aliphatic hydroxyl groups excluding tert-OH is 3. The van der Waals surface area contributed by atoms with Gasteiger partial charge in [-0.3, -0.25) is 0 Å². The smallest absolute Gasteiger partial charge is 0.123 e. The number of hydrogen-bond acceptors (Lipinski definition) is 5. The van der Waals surface area contributed by atoms with Crippen LogP contribution in [-0.4, -0.2) is 47.3 Å². The highest BCUT2D eigenvalue weighted by Crippen LogP contribution is 2.24. The molecule has 0 radical (unpaired) electrons. The molecule has 5 nitrogen and oxygen atoms in total. The fraction of sp³-hybridized carbons (Fsp3) is 0.571. The van der Waals surface area contributed by atoms with Crippen LogP contribution in [0.2, 0.25) is 0 Å². The lowest BCUT2D eigenvalue weighted by atomic mass is 10.0. The van der Waals surface area contributed by atoms with E-state index >= 15 is 0 Å². The summed E-state index contributed by atoms with van der Waals surface area (Å²) in [6, 6.07) is 5.68. The van der Waals surface area contributed by atoms with E-state index in [1.54, 1.807) is 0 Å². The Labute approximate surface area is 127 Å². The maximum atomic E-state index is 9.30. The summed E-state index contributed by atoms with van der Waals surface area (Å²) in [5.41, 5.74) is -0.197. The van der Waals surface area contributed by atoms with Gasteiger partial charge in [0, 0.05) is 16.6 Å². The van der Waals surface area contributed by atoms with Crippen molar-refractivity contribution in [2.75, 3.05) is 26.4 Å². The average molecular weight is 348 g/mol. The van der Waals surface area contributed by atoms with Crippen LogP contribution in [0, 0.1) is 0 Å². The van der Waals surface area contributed by atoms with Crippen LogP contribution in [0.3, 0.4) is 0 Å². The van der Waals surface area contributed by atoms with Crippen molar-refractivity contribution in [3.05, 3.63) is 28.2 Å². The third-order valence-electron chi connectivity index (χ3n) is 3.05. The number of hydrogen-bond donors (Lipinski definition) is 4. The van der Waals surface area contributed by atoms with Crippen molar-refractivity contribution < 1.29 is 20.1 Å². The molecule has 0 aliphatic rings. The highest BCUT2D eigenvalue weighted by Gasteiger charge is 2.27. The number of benzene rings is 1. The van der Waals surface area contributed by atoms with Gasteiger partial charge in [0.1, 0.15) is 5.75 Å². The van der Waals surface area contributed by atoms with Gasteiger partial charge >= 0.3 is 0 Å². The number of aliphatic hydroxyl groups is 3. The summed E-state index contributed by atoms with van der Waals surface area (Å²) < 4.78 is 6.58. The molecule has 1 aromatic carbocycles. The average Bonchev–Trinajstić information content (AvgIpc) is 2.48. The lowest BCUT2D eigenvalue weighted by Crippen LogP contribution is -2.54. The summed E-state index contributed by atoms with van der Waals surface area (Å²) >= 11 is 3.40. The Balaban J connectivity index is 2.82. The van der Waals surface area contributed by atoms with Crippen molar-refractivity contribution in [3.8, 4) is 5.75 Å². The van der Waals surface area contributed by atoms with E-state index in [1.807, 2.05) is 25.1 Å². The first kappa shape index (κ1) is 17.4. The van der Waals surface area contributed by atoms with Crippen molar-refractivity contribution in [3.63, 3.8) is 0 Å². The van der Waals surface area contributed by atoms with Crippen molar-refractivity contribution >= 4 is 15.9 Å². The molecule has 114 valence electrons. The van der Waals surface area contributed by atoms with Gasteiger partial charge < -0.3 is 25.4 Å². The summed E-state index contributed by atoms with van der Waals surface area (Å²) in [6.07, 6.45) is 0.913. The minimum atomic E-state index is -1.09. The van der Waals surface area contributed by atoms with Gasteiger partial charge in [-0.25, -0.2) is 0 Å². The van der Waals surface area contributed by atoms with Gasteiger partial charge in [0.15, 0.2) is 0 Å². The predicted molar refractivity (Wildman–Crippen MR) is 80.8 cm³/mol. The van der Waals surface area contributed by atoms with Gasteiger partial charge in [0.05, 0.1) is 32.0 Å². The molecule has 0 fully saturated rings. The second kappa shape index (κ2) is 8.59. The van der Waals surface area contributed by atoms with Crippen LogP contribution in [-0.2, 0) is 6.54 Å². The van der Waals surface area contributed by atoms with E-state index in [0.717, 1.165) is 22.2 Å². The zero-order valence-corrected chi connectivity index (χ0v) is 13.2. The number of rotatable bonds is 9. The molecule has 0 atom stereocenters. The quantitative estimate of drug-likeness (QED) is 0.536. The van der Waals surface area contributed by atoms with Crippen molar-refractivity contribution in [2.45, 2.75) is 25.4 Å². The molecule has 1 aromatic rings. The molecule has 0 saturated heterocycles. The van der Waals surface area contributed by atoms with Gasteiger partial charge in [-0.2, -0.15) is 0 Å². The van der Waals surface area contributed by atoms with Crippen LogP contribution >= 0.6 is 15.9 Å². The molecule has 1 rings (SSSR count). The maximum Gasteiger partial charge on any atom is 0.123 e. The maximum absolute atomic E-state index is 9.30. The molecule has 0 amide bonds. The standard InChI is InChI=1S/C14H22BrNO4/c1-2-5-20-13-4-3-12(15)6-11(13)7-16-14(8-17,9-18)10-19/h3-4,6,16-19H,2,5,7-10H2,1H3. The van der Waals surface area contributed by atoms with E-state index in [9.17, 15) is 15.3 Å². The summed E-state index contributed by atoms with van der Waals surface area (Å²) in [7, 11) is 0. The van der Waals surface area contributed by atoms with Crippen LogP contribution in [0.1, 0.15) is 18.9 Å². The van der Waals surface area contributed by atoms with E-state index in [1.165, 1.54) is 0 Å². The minimum Gasteiger partial charge on any atom is -0.493 e. The molecule has 0 aliphatic heterocycles. The molecule has 0 heterocycles. The molecular formula is C14H22BrNO4. The molecule has 20 heavy (non-hydrogen) atoms. The third-order valence-corrected chi connectivity index (χ3v) is 3.54. The Morgan fingerprint density at radius 1 is 1.20 bits per heavy atom. The molecule has 6 heteroatoms. The van der Waals surface area contributed by atoms with Crippen LogP contribution in [0.15, 0.2) is 22.7 Å². The third kappa shape index (κ3) is 4.71. The molecule has 0 saturated carbocycles. The second-order valence-electron chi connectivity index (χ2n) is 4.71. The number of halogens is 1. The second-order valence-corrected chi connectivity index (χ2v) is 5.62. The normalized spacial score (nSPS) is 11.7. The first-order valence-electron chi connectivity index (χ1n) is 6.59. The Kier molecular flexibility index (Phi) is 7.47. The molecule has 0 bridgehead atoms. The monoisotopic (exact) mass is 347 g/mol. The van der Waals surface area contributed by atoms with Gasteiger partial charge in [0.2, 0.25) is 0 Å². The number of nitrogens with one attached hydrogen (secondary N) is 1. The topological polar surface area (TPSA) is 82.0 Å².